The van der Waals surface area contributed by atoms with Crippen molar-refractivity contribution in [3.8, 4) is 0 Å². The molecular formula is C21H38. The first-order valence-corrected chi connectivity index (χ1v) is 9.40. The molecule has 1 saturated carbocycles. The van der Waals surface area contributed by atoms with Gasteiger partial charge in [0.05, 0.1) is 0 Å². The van der Waals surface area contributed by atoms with Crippen molar-refractivity contribution in [3.63, 3.8) is 0 Å². The molecular weight excluding hydrogens is 252 g/mol. The van der Waals surface area contributed by atoms with Crippen LogP contribution >= 0.6 is 0 Å². The highest BCUT2D eigenvalue weighted by molar-refractivity contribution is 5.05. The highest BCUT2D eigenvalue weighted by Gasteiger charge is 2.51. The van der Waals surface area contributed by atoms with Crippen molar-refractivity contribution in [3.05, 3.63) is 23.8 Å². The summed E-state index contributed by atoms with van der Waals surface area (Å²) in [7, 11) is 0. The normalized spacial score (nSPS) is 27.3. The molecule has 0 aromatic carbocycles. The number of hydrogen-bond acceptors (Lipinski definition) is 0. The topological polar surface area (TPSA) is 0 Å². The first-order valence-electron chi connectivity index (χ1n) is 9.40. The monoisotopic (exact) mass is 290 g/mol. The summed E-state index contributed by atoms with van der Waals surface area (Å²) >= 11 is 0. The van der Waals surface area contributed by atoms with Gasteiger partial charge < -0.3 is 0 Å². The van der Waals surface area contributed by atoms with Gasteiger partial charge in [-0.15, -0.1) is 0 Å². The van der Waals surface area contributed by atoms with Crippen LogP contribution < -0.4 is 0 Å². The van der Waals surface area contributed by atoms with Crippen LogP contribution in [0.25, 0.3) is 0 Å². The Balaban J connectivity index is 2.49. The van der Waals surface area contributed by atoms with Crippen molar-refractivity contribution >= 4 is 0 Å². The zero-order valence-electron chi connectivity index (χ0n) is 15.3. The molecule has 1 rings (SSSR count). The number of hydrogen-bond donors (Lipinski definition) is 0. The van der Waals surface area contributed by atoms with E-state index in [1.165, 1.54) is 57.8 Å². The molecule has 0 saturated heterocycles. The van der Waals surface area contributed by atoms with Gasteiger partial charge in [0, 0.05) is 0 Å². The average Bonchev–Trinajstić information content (AvgIpc) is 3.14. The fourth-order valence-corrected chi connectivity index (χ4v) is 4.05. The molecule has 0 aromatic rings. The first-order chi connectivity index (χ1) is 10.1. The molecule has 0 radical (unpaired) electrons. The predicted octanol–water partition coefficient (Wildman–Crippen LogP) is 7.31. The Hall–Kier alpha value is -0.520. The van der Waals surface area contributed by atoms with Gasteiger partial charge in [-0.1, -0.05) is 64.3 Å². The van der Waals surface area contributed by atoms with E-state index in [1.54, 1.807) is 5.57 Å². The Morgan fingerprint density at radius 1 is 1.24 bits per heavy atom. The molecule has 0 heterocycles. The Morgan fingerprint density at radius 2 is 2.00 bits per heavy atom. The van der Waals surface area contributed by atoms with E-state index in [-0.39, 0.29) is 0 Å². The third-order valence-corrected chi connectivity index (χ3v) is 5.55. The van der Waals surface area contributed by atoms with Gasteiger partial charge in [0.2, 0.25) is 0 Å². The van der Waals surface area contributed by atoms with E-state index in [0.29, 0.717) is 5.41 Å². The van der Waals surface area contributed by atoms with Crippen molar-refractivity contribution in [1.29, 1.82) is 0 Å². The molecule has 0 heteroatoms. The van der Waals surface area contributed by atoms with E-state index in [0.717, 1.165) is 11.8 Å². The van der Waals surface area contributed by atoms with Crippen LogP contribution in [0.5, 0.6) is 0 Å². The van der Waals surface area contributed by atoms with Crippen molar-refractivity contribution in [2.75, 3.05) is 0 Å². The third kappa shape index (κ3) is 6.01. The van der Waals surface area contributed by atoms with Crippen LogP contribution in [0.1, 0.15) is 92.4 Å². The molecule has 0 spiro atoms. The van der Waals surface area contributed by atoms with Gasteiger partial charge in [-0.25, -0.2) is 0 Å². The molecule has 1 aliphatic rings. The lowest BCUT2D eigenvalue weighted by Crippen LogP contribution is -2.10. The molecule has 0 N–H and O–H groups in total. The minimum atomic E-state index is 0.653. The van der Waals surface area contributed by atoms with Gasteiger partial charge in [0.15, 0.2) is 0 Å². The summed E-state index contributed by atoms with van der Waals surface area (Å²) in [5, 5.41) is 0. The maximum absolute atomic E-state index is 2.53. The van der Waals surface area contributed by atoms with E-state index in [9.17, 15) is 0 Å². The minimum Gasteiger partial charge on any atom is -0.0917 e. The molecule has 0 amide bonds. The SMILES string of the molecule is CC=CCCC1(C)CC1C(CCC)CCC(=CCC)CC. The fraction of sp³-hybridized carbons (Fsp3) is 0.810. The van der Waals surface area contributed by atoms with Crippen LogP contribution in [0.4, 0.5) is 0 Å². The van der Waals surface area contributed by atoms with Crippen molar-refractivity contribution in [2.45, 2.75) is 92.4 Å². The molecule has 122 valence electrons. The molecule has 0 aromatic heterocycles. The standard InChI is InChI=1S/C21H38/c1-6-10-11-16-21(5)17-20(21)19(13-8-3)15-14-18(9-4)12-7-2/h6,10,12,19-20H,7-9,11,13-17H2,1-5H3. The third-order valence-electron chi connectivity index (χ3n) is 5.55. The summed E-state index contributed by atoms with van der Waals surface area (Å²) in [6.45, 7) is 11.6. The molecule has 3 unspecified atom stereocenters. The number of allylic oxidation sites excluding steroid dienone is 4. The highest BCUT2D eigenvalue weighted by Crippen LogP contribution is 2.61. The molecule has 1 aliphatic carbocycles. The summed E-state index contributed by atoms with van der Waals surface area (Å²) in [6, 6.07) is 0. The Morgan fingerprint density at radius 3 is 2.57 bits per heavy atom. The Labute approximate surface area is 134 Å². The Bertz CT molecular complexity index is 336. The van der Waals surface area contributed by atoms with Gasteiger partial charge in [-0.3, -0.25) is 0 Å². The summed E-state index contributed by atoms with van der Waals surface area (Å²) in [5.74, 6) is 1.97. The second kappa shape index (κ2) is 9.49. The second-order valence-corrected chi connectivity index (χ2v) is 7.28. The predicted molar refractivity (Wildman–Crippen MR) is 96.6 cm³/mol. The number of rotatable bonds is 11. The molecule has 21 heavy (non-hydrogen) atoms. The van der Waals surface area contributed by atoms with Crippen LogP contribution in [-0.4, -0.2) is 0 Å². The molecule has 0 bridgehead atoms. The summed E-state index contributed by atoms with van der Waals surface area (Å²) < 4.78 is 0. The van der Waals surface area contributed by atoms with Crippen molar-refractivity contribution in [2.24, 2.45) is 17.3 Å². The van der Waals surface area contributed by atoms with Gasteiger partial charge in [0.1, 0.15) is 0 Å². The largest absolute Gasteiger partial charge is 0.0917 e. The first kappa shape index (κ1) is 18.5. The van der Waals surface area contributed by atoms with E-state index < -0.39 is 0 Å². The van der Waals surface area contributed by atoms with Crippen LogP contribution in [0.2, 0.25) is 0 Å². The van der Waals surface area contributed by atoms with Crippen molar-refractivity contribution in [1.82, 2.24) is 0 Å². The molecule has 1 fully saturated rings. The van der Waals surface area contributed by atoms with Crippen LogP contribution in [-0.2, 0) is 0 Å². The zero-order valence-corrected chi connectivity index (χ0v) is 15.3. The van der Waals surface area contributed by atoms with Gasteiger partial charge in [0.25, 0.3) is 0 Å². The van der Waals surface area contributed by atoms with Crippen LogP contribution in [0, 0.1) is 17.3 Å². The van der Waals surface area contributed by atoms with Gasteiger partial charge >= 0.3 is 0 Å². The lowest BCUT2D eigenvalue weighted by Gasteiger charge is -2.20. The van der Waals surface area contributed by atoms with Crippen LogP contribution in [0.15, 0.2) is 23.8 Å². The van der Waals surface area contributed by atoms with Crippen molar-refractivity contribution < 1.29 is 0 Å². The summed E-state index contributed by atoms with van der Waals surface area (Å²) in [5.41, 5.74) is 2.34. The summed E-state index contributed by atoms with van der Waals surface area (Å²) in [6.07, 6.45) is 19.2. The van der Waals surface area contributed by atoms with E-state index >= 15 is 0 Å². The molecule has 3 atom stereocenters. The fourth-order valence-electron chi connectivity index (χ4n) is 4.05. The van der Waals surface area contributed by atoms with Gasteiger partial charge in [-0.05, 0) is 69.1 Å². The van der Waals surface area contributed by atoms with Gasteiger partial charge in [-0.2, -0.15) is 0 Å². The highest BCUT2D eigenvalue weighted by atomic mass is 14.6. The second-order valence-electron chi connectivity index (χ2n) is 7.28. The van der Waals surface area contributed by atoms with E-state index in [1.807, 2.05) is 0 Å². The zero-order chi connectivity index (χ0) is 15.7. The lowest BCUT2D eigenvalue weighted by molar-refractivity contribution is 0.323. The maximum Gasteiger partial charge on any atom is -0.0289 e. The quantitative estimate of drug-likeness (QED) is 0.350. The Kier molecular flexibility index (Phi) is 8.37. The molecule has 0 aliphatic heterocycles. The summed E-state index contributed by atoms with van der Waals surface area (Å²) in [4.78, 5) is 0. The van der Waals surface area contributed by atoms with E-state index in [2.05, 4.69) is 52.8 Å². The average molecular weight is 291 g/mol. The van der Waals surface area contributed by atoms with E-state index in [4.69, 9.17) is 0 Å². The smallest absolute Gasteiger partial charge is 0.0289 e. The minimum absolute atomic E-state index is 0.653. The lowest BCUT2D eigenvalue weighted by atomic mass is 9.85. The maximum atomic E-state index is 2.53. The molecule has 0 nitrogen and oxygen atoms in total. The van der Waals surface area contributed by atoms with Crippen LogP contribution in [0.3, 0.4) is 0 Å².